The Balaban J connectivity index is 1.78. The SMILES string of the molecule is CC(C)(C)OC(=O)NC1CCN(c2ccc(C(=O)N(N)C(=O)OC(C)(C)C)c(NC3CC3)c2F)C1. The molecule has 10 nitrogen and oxygen atoms in total. The van der Waals surface area contributed by atoms with Gasteiger partial charge in [-0.3, -0.25) is 4.79 Å². The van der Waals surface area contributed by atoms with Crippen LogP contribution in [0.1, 0.15) is 71.2 Å². The van der Waals surface area contributed by atoms with Crippen molar-refractivity contribution in [3.05, 3.63) is 23.5 Å². The fourth-order valence-corrected chi connectivity index (χ4v) is 3.66. The summed E-state index contributed by atoms with van der Waals surface area (Å²) in [6.45, 7) is 11.2. The van der Waals surface area contributed by atoms with Crippen molar-refractivity contribution < 1.29 is 28.2 Å². The lowest BCUT2D eigenvalue weighted by Crippen LogP contribution is -2.45. The van der Waals surface area contributed by atoms with E-state index in [4.69, 9.17) is 15.3 Å². The van der Waals surface area contributed by atoms with Crippen LogP contribution < -0.4 is 21.4 Å². The topological polar surface area (TPSA) is 126 Å². The van der Waals surface area contributed by atoms with Gasteiger partial charge < -0.3 is 25.0 Å². The van der Waals surface area contributed by atoms with Crippen LogP contribution in [0.25, 0.3) is 0 Å². The first-order valence-electron chi connectivity index (χ1n) is 11.8. The van der Waals surface area contributed by atoms with Crippen molar-refractivity contribution in [1.29, 1.82) is 0 Å². The molecule has 1 unspecified atom stereocenters. The number of benzene rings is 1. The zero-order valence-corrected chi connectivity index (χ0v) is 21.2. The van der Waals surface area contributed by atoms with Gasteiger partial charge in [0.1, 0.15) is 11.2 Å². The summed E-state index contributed by atoms with van der Waals surface area (Å²) in [4.78, 5) is 39.2. The number of nitrogens with zero attached hydrogens (tertiary/aromatic N) is 2. The Morgan fingerprint density at radius 3 is 2.23 bits per heavy atom. The second-order valence-corrected chi connectivity index (χ2v) is 11.0. The van der Waals surface area contributed by atoms with Crippen molar-refractivity contribution in [2.45, 2.75) is 84.1 Å². The highest BCUT2D eigenvalue weighted by Crippen LogP contribution is 2.35. The van der Waals surface area contributed by atoms with Gasteiger partial charge in [0.25, 0.3) is 5.91 Å². The first-order chi connectivity index (χ1) is 16.1. The molecule has 2 fully saturated rings. The van der Waals surface area contributed by atoms with E-state index in [1.807, 2.05) is 0 Å². The molecule has 0 spiro atoms. The van der Waals surface area contributed by atoms with Crippen molar-refractivity contribution in [2.75, 3.05) is 23.3 Å². The number of carbonyl (C=O) groups is 3. The molecule has 1 aromatic carbocycles. The number of hydrogen-bond donors (Lipinski definition) is 3. The zero-order chi connectivity index (χ0) is 26.1. The fourth-order valence-electron chi connectivity index (χ4n) is 3.66. The van der Waals surface area contributed by atoms with Crippen LogP contribution in [-0.2, 0) is 9.47 Å². The number of hydrogen-bond acceptors (Lipinski definition) is 8. The van der Waals surface area contributed by atoms with E-state index in [9.17, 15) is 14.4 Å². The summed E-state index contributed by atoms with van der Waals surface area (Å²) in [6.07, 6.45) is 0.759. The number of halogens is 1. The van der Waals surface area contributed by atoms with Crippen LogP contribution in [0.5, 0.6) is 0 Å². The van der Waals surface area contributed by atoms with E-state index in [-0.39, 0.29) is 23.3 Å². The molecule has 0 radical (unpaired) electrons. The van der Waals surface area contributed by atoms with Crippen LogP contribution >= 0.6 is 0 Å². The maximum Gasteiger partial charge on any atom is 0.432 e. The van der Waals surface area contributed by atoms with Crippen molar-refractivity contribution in [3.63, 3.8) is 0 Å². The van der Waals surface area contributed by atoms with Crippen LogP contribution in [0.4, 0.5) is 25.4 Å². The molecule has 1 saturated carbocycles. The summed E-state index contributed by atoms with van der Waals surface area (Å²) in [7, 11) is 0. The van der Waals surface area contributed by atoms with E-state index in [0.717, 1.165) is 12.8 Å². The van der Waals surface area contributed by atoms with Gasteiger partial charge in [0.2, 0.25) is 0 Å². The van der Waals surface area contributed by atoms with E-state index < -0.39 is 35.1 Å². The second-order valence-electron chi connectivity index (χ2n) is 11.0. The summed E-state index contributed by atoms with van der Waals surface area (Å²) in [6, 6.07) is 2.76. The molecule has 1 aliphatic carbocycles. The van der Waals surface area contributed by atoms with E-state index >= 15 is 4.39 Å². The minimum atomic E-state index is -1.03. The number of anilines is 2. The number of rotatable bonds is 5. The van der Waals surface area contributed by atoms with Crippen LogP contribution in [0.15, 0.2) is 12.1 Å². The standard InChI is InChI=1S/C24H36FN5O5/c1-23(2,3)34-21(32)28-15-11-12-29(13-15)17-10-9-16(19(18(17)25)27-14-7-8-14)20(31)30(26)22(33)35-24(4,5)6/h9-10,14-15,27H,7-8,11-13,26H2,1-6H3,(H,28,32). The monoisotopic (exact) mass is 493 g/mol. The lowest BCUT2D eigenvalue weighted by atomic mass is 10.1. The van der Waals surface area contributed by atoms with E-state index in [1.54, 1.807) is 46.4 Å². The number of nitrogens with one attached hydrogen (secondary N) is 2. The smallest absolute Gasteiger partial charge is 0.432 e. The lowest BCUT2D eigenvalue weighted by Gasteiger charge is -2.25. The molecule has 1 atom stereocenters. The van der Waals surface area contributed by atoms with Gasteiger partial charge in [-0.1, -0.05) is 0 Å². The fraction of sp³-hybridized carbons (Fsp3) is 0.625. The molecular formula is C24H36FN5O5. The molecule has 1 aliphatic heterocycles. The van der Waals surface area contributed by atoms with Gasteiger partial charge in [-0.05, 0) is 72.9 Å². The summed E-state index contributed by atoms with van der Waals surface area (Å²) in [5.74, 6) is 4.24. The summed E-state index contributed by atoms with van der Waals surface area (Å²) in [5, 5.41) is 6.24. The molecule has 4 N–H and O–H groups in total. The van der Waals surface area contributed by atoms with Gasteiger partial charge in [-0.15, -0.1) is 0 Å². The molecular weight excluding hydrogens is 457 g/mol. The number of imide groups is 1. The summed E-state index contributed by atoms with van der Waals surface area (Å²) in [5.41, 5.74) is -1.24. The average Bonchev–Trinajstić information content (AvgIpc) is 3.42. The lowest BCUT2D eigenvalue weighted by molar-refractivity contribution is 0.0239. The Kier molecular flexibility index (Phi) is 7.49. The molecule has 3 rings (SSSR count). The maximum atomic E-state index is 15.7. The Morgan fingerprint density at radius 2 is 1.66 bits per heavy atom. The number of amides is 3. The van der Waals surface area contributed by atoms with E-state index in [1.165, 1.54) is 12.1 Å². The summed E-state index contributed by atoms with van der Waals surface area (Å²) >= 11 is 0. The highest BCUT2D eigenvalue weighted by Gasteiger charge is 2.34. The Labute approximate surface area is 205 Å². The molecule has 1 saturated heterocycles. The first-order valence-corrected chi connectivity index (χ1v) is 11.8. The number of carbonyl (C=O) groups excluding carboxylic acids is 3. The van der Waals surface area contributed by atoms with Crippen LogP contribution in [0.2, 0.25) is 0 Å². The molecule has 2 aliphatic rings. The van der Waals surface area contributed by atoms with E-state index in [0.29, 0.717) is 30.2 Å². The third kappa shape index (κ3) is 7.20. The Morgan fingerprint density at radius 1 is 1.03 bits per heavy atom. The van der Waals surface area contributed by atoms with Gasteiger partial charge in [-0.2, -0.15) is 5.01 Å². The van der Waals surface area contributed by atoms with Gasteiger partial charge in [0.15, 0.2) is 5.82 Å². The molecule has 35 heavy (non-hydrogen) atoms. The highest BCUT2D eigenvalue weighted by atomic mass is 19.1. The zero-order valence-electron chi connectivity index (χ0n) is 21.2. The molecule has 0 aromatic heterocycles. The predicted octanol–water partition coefficient (Wildman–Crippen LogP) is 3.75. The number of nitrogens with two attached hydrogens (primary N) is 1. The first kappa shape index (κ1) is 26.5. The molecule has 11 heteroatoms. The Hall–Kier alpha value is -3.08. The summed E-state index contributed by atoms with van der Waals surface area (Å²) < 4.78 is 26.2. The van der Waals surface area contributed by atoms with Gasteiger partial charge in [-0.25, -0.2) is 19.8 Å². The van der Waals surface area contributed by atoms with Crippen LogP contribution in [0, 0.1) is 5.82 Å². The van der Waals surface area contributed by atoms with Crippen LogP contribution in [0.3, 0.4) is 0 Å². The van der Waals surface area contributed by atoms with Gasteiger partial charge in [0.05, 0.1) is 23.0 Å². The van der Waals surface area contributed by atoms with Crippen molar-refractivity contribution in [1.82, 2.24) is 10.3 Å². The molecule has 1 heterocycles. The largest absolute Gasteiger partial charge is 0.444 e. The van der Waals surface area contributed by atoms with Crippen molar-refractivity contribution in [2.24, 2.45) is 5.84 Å². The predicted molar refractivity (Wildman–Crippen MR) is 130 cm³/mol. The molecule has 0 bridgehead atoms. The Bertz CT molecular complexity index is 984. The number of ether oxygens (including phenoxy) is 2. The quantitative estimate of drug-likeness (QED) is 0.322. The van der Waals surface area contributed by atoms with Crippen molar-refractivity contribution >= 4 is 29.5 Å². The van der Waals surface area contributed by atoms with Gasteiger partial charge in [0, 0.05) is 19.1 Å². The number of alkyl carbamates (subject to hydrolysis) is 1. The minimum Gasteiger partial charge on any atom is -0.444 e. The molecule has 194 valence electrons. The van der Waals surface area contributed by atoms with E-state index in [2.05, 4.69) is 10.6 Å². The third-order valence-electron chi connectivity index (χ3n) is 5.34. The highest BCUT2D eigenvalue weighted by molar-refractivity contribution is 6.06. The van der Waals surface area contributed by atoms with Gasteiger partial charge >= 0.3 is 12.2 Å². The average molecular weight is 494 g/mol. The second kappa shape index (κ2) is 9.88. The molecule has 1 aromatic rings. The third-order valence-corrected chi connectivity index (χ3v) is 5.34. The molecule has 3 amide bonds. The van der Waals surface area contributed by atoms with Crippen LogP contribution in [-0.4, -0.2) is 59.5 Å². The maximum absolute atomic E-state index is 15.7. The minimum absolute atomic E-state index is 0.00226. The van der Waals surface area contributed by atoms with Crippen molar-refractivity contribution in [3.8, 4) is 0 Å². The normalized spacial score (nSPS) is 18.2. The number of hydrazine groups is 1.